The van der Waals surface area contributed by atoms with E-state index in [2.05, 4.69) is 5.32 Å². The molecular formula is C16H10FIN2O3. The molecule has 0 aliphatic carbocycles. The number of carbonyl (C=O) groups excluding carboxylic acids is 1. The van der Waals surface area contributed by atoms with Crippen molar-refractivity contribution in [3.8, 4) is 17.6 Å². The number of anilines is 1. The van der Waals surface area contributed by atoms with Crippen molar-refractivity contribution in [2.75, 3.05) is 5.32 Å². The monoisotopic (exact) mass is 424 g/mol. The second-order valence-electron chi connectivity index (χ2n) is 4.47. The molecule has 0 fully saturated rings. The number of aromatic hydroxyl groups is 2. The molecule has 0 aliphatic rings. The van der Waals surface area contributed by atoms with Crippen molar-refractivity contribution in [1.29, 1.82) is 5.26 Å². The van der Waals surface area contributed by atoms with Gasteiger partial charge in [-0.05, 0) is 46.9 Å². The maximum absolute atomic E-state index is 13.5. The molecule has 2 aromatic rings. The van der Waals surface area contributed by atoms with Gasteiger partial charge in [0.15, 0.2) is 0 Å². The lowest BCUT2D eigenvalue weighted by molar-refractivity contribution is -0.112. The summed E-state index contributed by atoms with van der Waals surface area (Å²) in [5.41, 5.74) is -0.180. The maximum atomic E-state index is 13.5. The Morgan fingerprint density at radius 1 is 1.26 bits per heavy atom. The lowest BCUT2D eigenvalue weighted by atomic mass is 10.1. The third-order valence-corrected chi connectivity index (χ3v) is 3.75. The van der Waals surface area contributed by atoms with Crippen LogP contribution in [0.1, 0.15) is 5.56 Å². The Balaban J connectivity index is 2.33. The average Bonchev–Trinajstić information content (AvgIpc) is 2.51. The van der Waals surface area contributed by atoms with E-state index in [0.717, 1.165) is 12.1 Å². The normalized spacial score (nSPS) is 10.9. The molecule has 7 heteroatoms. The van der Waals surface area contributed by atoms with Gasteiger partial charge < -0.3 is 15.5 Å². The number of nitriles is 1. The number of amides is 1. The molecule has 0 bridgehead atoms. The number of phenols is 2. The first-order valence-corrected chi connectivity index (χ1v) is 7.39. The van der Waals surface area contributed by atoms with Crippen molar-refractivity contribution in [2.45, 2.75) is 0 Å². The van der Waals surface area contributed by atoms with Crippen LogP contribution in [-0.4, -0.2) is 16.1 Å². The topological polar surface area (TPSA) is 93.3 Å². The highest BCUT2D eigenvalue weighted by Crippen LogP contribution is 2.30. The zero-order chi connectivity index (χ0) is 17.0. The summed E-state index contributed by atoms with van der Waals surface area (Å²) in [6.07, 6.45) is 1.16. The van der Waals surface area contributed by atoms with E-state index >= 15 is 0 Å². The molecule has 0 radical (unpaired) electrons. The highest BCUT2D eigenvalue weighted by Gasteiger charge is 2.13. The van der Waals surface area contributed by atoms with Crippen molar-refractivity contribution >= 4 is 40.3 Å². The van der Waals surface area contributed by atoms with Gasteiger partial charge in [0, 0.05) is 11.6 Å². The number of carbonyl (C=O) groups is 1. The molecule has 3 N–H and O–H groups in total. The molecule has 116 valence electrons. The largest absolute Gasteiger partial charge is 0.507 e. The summed E-state index contributed by atoms with van der Waals surface area (Å²) in [6, 6.07) is 9.79. The fourth-order valence-electron chi connectivity index (χ4n) is 1.74. The van der Waals surface area contributed by atoms with Crippen LogP contribution in [0.4, 0.5) is 10.1 Å². The van der Waals surface area contributed by atoms with Crippen LogP contribution in [0.25, 0.3) is 6.08 Å². The van der Waals surface area contributed by atoms with E-state index < -0.39 is 11.7 Å². The Labute approximate surface area is 144 Å². The van der Waals surface area contributed by atoms with Gasteiger partial charge in [0.25, 0.3) is 5.91 Å². The van der Waals surface area contributed by atoms with Crippen LogP contribution in [0.2, 0.25) is 0 Å². The highest BCUT2D eigenvalue weighted by atomic mass is 127. The van der Waals surface area contributed by atoms with Crippen LogP contribution >= 0.6 is 22.6 Å². The van der Waals surface area contributed by atoms with Gasteiger partial charge >= 0.3 is 0 Å². The molecule has 0 aromatic heterocycles. The Morgan fingerprint density at radius 2 is 1.96 bits per heavy atom. The van der Waals surface area contributed by atoms with Crippen LogP contribution in [0.5, 0.6) is 11.5 Å². The van der Waals surface area contributed by atoms with Gasteiger partial charge in [-0.15, -0.1) is 0 Å². The lowest BCUT2D eigenvalue weighted by Gasteiger charge is -2.06. The summed E-state index contributed by atoms with van der Waals surface area (Å²) in [5.74, 6) is -1.83. The molecule has 2 rings (SSSR count). The highest BCUT2D eigenvalue weighted by molar-refractivity contribution is 14.1. The minimum atomic E-state index is -0.805. The van der Waals surface area contributed by atoms with E-state index in [0.29, 0.717) is 3.57 Å². The van der Waals surface area contributed by atoms with Crippen LogP contribution in [0.15, 0.2) is 42.0 Å². The number of phenolic OH excluding ortho intramolecular Hbond substituents is 2. The lowest BCUT2D eigenvalue weighted by Crippen LogP contribution is -2.14. The van der Waals surface area contributed by atoms with Crippen molar-refractivity contribution in [3.63, 3.8) is 0 Å². The second kappa shape index (κ2) is 7.11. The van der Waals surface area contributed by atoms with E-state index in [1.807, 2.05) is 22.6 Å². The number of hydrogen-bond acceptors (Lipinski definition) is 4. The predicted octanol–water partition coefficient (Wildman–Crippen LogP) is 3.39. The zero-order valence-electron chi connectivity index (χ0n) is 11.5. The first kappa shape index (κ1) is 16.8. The first-order valence-electron chi connectivity index (χ1n) is 6.31. The molecule has 0 saturated carbocycles. The van der Waals surface area contributed by atoms with Crippen LogP contribution in [-0.2, 0) is 4.79 Å². The van der Waals surface area contributed by atoms with Gasteiger partial charge in [-0.1, -0.05) is 12.1 Å². The second-order valence-corrected chi connectivity index (χ2v) is 5.63. The summed E-state index contributed by atoms with van der Waals surface area (Å²) in [4.78, 5) is 12.1. The summed E-state index contributed by atoms with van der Waals surface area (Å²) in [6.45, 7) is 0. The average molecular weight is 424 g/mol. The van der Waals surface area contributed by atoms with Crippen molar-refractivity contribution in [1.82, 2.24) is 0 Å². The van der Waals surface area contributed by atoms with Gasteiger partial charge in [-0.3, -0.25) is 4.79 Å². The molecular weight excluding hydrogens is 414 g/mol. The molecule has 0 saturated heterocycles. The number of para-hydroxylation sites is 1. The quantitative estimate of drug-likeness (QED) is 0.400. The molecule has 0 spiro atoms. The SMILES string of the molecule is N#C/C(=C/c1cc(I)c(O)cc1O)C(=O)Nc1ccccc1F. The molecule has 0 aliphatic heterocycles. The third kappa shape index (κ3) is 3.98. The Kier molecular flexibility index (Phi) is 5.18. The number of benzene rings is 2. The van der Waals surface area contributed by atoms with Crippen LogP contribution < -0.4 is 5.32 Å². The van der Waals surface area contributed by atoms with E-state index in [1.54, 1.807) is 12.1 Å². The van der Waals surface area contributed by atoms with E-state index in [1.165, 1.54) is 24.3 Å². The summed E-state index contributed by atoms with van der Waals surface area (Å²) in [5, 5.41) is 30.6. The number of hydrogen-bond donors (Lipinski definition) is 3. The standard InChI is InChI=1S/C16H10FIN2O3/c17-11-3-1-2-4-13(11)20-16(23)10(8-19)5-9-6-12(18)15(22)7-14(9)21/h1-7,21-22H,(H,20,23)/b10-5-. The molecule has 0 unspecified atom stereocenters. The fourth-order valence-corrected chi connectivity index (χ4v) is 2.23. The molecule has 2 aromatic carbocycles. The van der Waals surface area contributed by atoms with Crippen molar-refractivity contribution < 1.29 is 19.4 Å². The summed E-state index contributed by atoms with van der Waals surface area (Å²) < 4.78 is 14.0. The van der Waals surface area contributed by atoms with Crippen molar-refractivity contribution in [3.05, 3.63) is 56.9 Å². The minimum Gasteiger partial charge on any atom is -0.507 e. The van der Waals surface area contributed by atoms with Crippen LogP contribution in [0.3, 0.4) is 0 Å². The third-order valence-electron chi connectivity index (χ3n) is 2.88. The first-order chi connectivity index (χ1) is 10.9. The van der Waals surface area contributed by atoms with Gasteiger partial charge in [0.1, 0.15) is 29.0 Å². The van der Waals surface area contributed by atoms with E-state index in [-0.39, 0.29) is 28.3 Å². The zero-order valence-corrected chi connectivity index (χ0v) is 13.7. The number of rotatable bonds is 3. The Morgan fingerprint density at radius 3 is 2.61 bits per heavy atom. The molecule has 23 heavy (non-hydrogen) atoms. The fraction of sp³-hybridized carbons (Fsp3) is 0. The summed E-state index contributed by atoms with van der Waals surface area (Å²) in [7, 11) is 0. The number of halogens is 2. The smallest absolute Gasteiger partial charge is 0.266 e. The Bertz CT molecular complexity index is 844. The molecule has 0 heterocycles. The van der Waals surface area contributed by atoms with Crippen LogP contribution in [0, 0.1) is 20.7 Å². The minimum absolute atomic E-state index is 0.0526. The molecule has 1 amide bonds. The number of nitrogens with zero attached hydrogens (tertiary/aromatic N) is 1. The summed E-state index contributed by atoms with van der Waals surface area (Å²) >= 11 is 1.84. The van der Waals surface area contributed by atoms with Gasteiger partial charge in [0.2, 0.25) is 0 Å². The predicted molar refractivity (Wildman–Crippen MR) is 91.1 cm³/mol. The number of nitrogens with one attached hydrogen (secondary N) is 1. The maximum Gasteiger partial charge on any atom is 0.266 e. The van der Waals surface area contributed by atoms with E-state index in [4.69, 9.17) is 5.26 Å². The Hall–Kier alpha value is -2.60. The van der Waals surface area contributed by atoms with Crippen molar-refractivity contribution in [2.24, 2.45) is 0 Å². The van der Waals surface area contributed by atoms with E-state index in [9.17, 15) is 19.4 Å². The van der Waals surface area contributed by atoms with Gasteiger partial charge in [-0.2, -0.15) is 5.26 Å². The molecule has 5 nitrogen and oxygen atoms in total. The van der Waals surface area contributed by atoms with Gasteiger partial charge in [0.05, 0.1) is 9.26 Å². The molecule has 0 atom stereocenters. The van der Waals surface area contributed by atoms with Gasteiger partial charge in [-0.25, -0.2) is 4.39 Å².